The third-order valence-corrected chi connectivity index (χ3v) is 6.13. The van der Waals surface area contributed by atoms with Gasteiger partial charge in [-0.3, -0.25) is 9.78 Å². The predicted molar refractivity (Wildman–Crippen MR) is 130 cm³/mol. The van der Waals surface area contributed by atoms with Gasteiger partial charge in [-0.2, -0.15) is 18.2 Å². The number of carbonyl (C=O) groups excluding carboxylic acids is 1. The maximum absolute atomic E-state index is 13.3. The molecule has 2 aromatic carbocycles. The van der Waals surface area contributed by atoms with E-state index in [-0.39, 0.29) is 23.2 Å². The number of methoxy groups -OCH3 is 1. The Morgan fingerprint density at radius 1 is 1.11 bits per heavy atom. The Morgan fingerprint density at radius 2 is 1.78 bits per heavy atom. The maximum Gasteiger partial charge on any atom is 0.426 e. The van der Waals surface area contributed by atoms with Crippen LogP contribution in [0.2, 0.25) is 5.02 Å². The molecule has 1 unspecified atom stereocenters. The summed E-state index contributed by atoms with van der Waals surface area (Å²) in [5.41, 5.74) is -1.06. The van der Waals surface area contributed by atoms with Crippen LogP contribution in [0.15, 0.2) is 47.3 Å². The molecule has 0 aliphatic rings. The van der Waals surface area contributed by atoms with Gasteiger partial charge in [-0.25, -0.2) is 9.78 Å². The van der Waals surface area contributed by atoms with Crippen molar-refractivity contribution >= 4 is 17.5 Å². The minimum atomic E-state index is -4.90. The lowest BCUT2D eigenvalue weighted by atomic mass is 10.0. The van der Waals surface area contributed by atoms with Crippen LogP contribution in [-0.4, -0.2) is 39.7 Å². The first kappa shape index (κ1) is 27.3. The number of H-pyrrole nitrogens is 1. The number of amides is 1. The number of alkyl halides is 3. The number of benzene rings is 2. The highest BCUT2D eigenvalue weighted by Crippen LogP contribution is 2.33. The van der Waals surface area contributed by atoms with E-state index in [1.807, 2.05) is 24.3 Å². The Balaban J connectivity index is 1.87. The lowest BCUT2D eigenvalue weighted by Crippen LogP contribution is -2.55. The SMILES string of the molecule is CCCCc1ccc(-c2nc(-c3cc(CNC(=O)C(C)(OC)C(F)(F)F)ccc3Cl)[nH]c(=O)n2)cc1. The average Bonchev–Trinajstić information content (AvgIpc) is 2.85. The molecule has 1 heterocycles. The van der Waals surface area contributed by atoms with Crippen molar-refractivity contribution in [2.24, 2.45) is 0 Å². The van der Waals surface area contributed by atoms with Crippen molar-refractivity contribution in [1.29, 1.82) is 0 Å². The van der Waals surface area contributed by atoms with Crippen molar-refractivity contribution in [3.63, 3.8) is 0 Å². The molecule has 0 spiro atoms. The highest BCUT2D eigenvalue weighted by Gasteiger charge is 2.57. The van der Waals surface area contributed by atoms with E-state index in [1.165, 1.54) is 17.7 Å². The smallest absolute Gasteiger partial charge is 0.361 e. The van der Waals surface area contributed by atoms with E-state index in [2.05, 4.69) is 31.9 Å². The minimum absolute atomic E-state index is 0.134. The number of aryl methyl sites for hydroxylation is 1. The van der Waals surface area contributed by atoms with Gasteiger partial charge in [0, 0.05) is 24.8 Å². The summed E-state index contributed by atoms with van der Waals surface area (Å²) in [7, 11) is 0.815. The van der Waals surface area contributed by atoms with Crippen LogP contribution < -0.4 is 11.0 Å². The fourth-order valence-electron chi connectivity index (χ4n) is 3.39. The van der Waals surface area contributed by atoms with Crippen LogP contribution in [0.5, 0.6) is 0 Å². The summed E-state index contributed by atoms with van der Waals surface area (Å²) in [4.78, 5) is 35.4. The topological polar surface area (TPSA) is 97.0 Å². The molecule has 0 radical (unpaired) electrons. The summed E-state index contributed by atoms with van der Waals surface area (Å²) in [6.45, 7) is 2.53. The molecule has 7 nitrogen and oxygen atoms in total. The number of hydrogen-bond donors (Lipinski definition) is 2. The van der Waals surface area contributed by atoms with Gasteiger partial charge in [0.1, 0.15) is 5.82 Å². The van der Waals surface area contributed by atoms with Crippen LogP contribution in [0.3, 0.4) is 0 Å². The van der Waals surface area contributed by atoms with Crippen LogP contribution in [0.1, 0.15) is 37.8 Å². The van der Waals surface area contributed by atoms with E-state index < -0.39 is 23.4 Å². The van der Waals surface area contributed by atoms with Gasteiger partial charge in [0.2, 0.25) is 5.60 Å². The molecule has 3 aromatic rings. The second-order valence-corrected chi connectivity index (χ2v) is 8.77. The number of hydrogen-bond acceptors (Lipinski definition) is 5. The molecule has 1 atom stereocenters. The summed E-state index contributed by atoms with van der Waals surface area (Å²) in [5, 5.41) is 2.48. The standard InChI is InChI=1S/C25H26ClF3N4O3/c1-4-5-6-15-7-10-17(11-8-15)20-31-21(33-23(35)32-20)18-13-16(9-12-19(18)26)14-30-22(34)24(2,36-3)25(27,28)29/h7-13H,4-6,14H2,1-3H3,(H,30,34)(H,31,32,33,35). The van der Waals surface area contributed by atoms with E-state index >= 15 is 0 Å². The van der Waals surface area contributed by atoms with Gasteiger partial charge in [-0.1, -0.05) is 55.3 Å². The van der Waals surface area contributed by atoms with Crippen molar-refractivity contribution in [2.75, 3.05) is 7.11 Å². The molecular formula is C25H26ClF3N4O3. The van der Waals surface area contributed by atoms with E-state index in [0.29, 0.717) is 23.6 Å². The van der Waals surface area contributed by atoms with Crippen LogP contribution in [0.4, 0.5) is 13.2 Å². The monoisotopic (exact) mass is 522 g/mol. The molecule has 0 aliphatic heterocycles. The molecule has 3 rings (SSSR count). The van der Waals surface area contributed by atoms with Crippen molar-refractivity contribution in [3.05, 3.63) is 69.1 Å². The number of carbonyl (C=O) groups is 1. The van der Waals surface area contributed by atoms with Crippen molar-refractivity contribution in [2.45, 2.75) is 51.4 Å². The average molecular weight is 523 g/mol. The maximum atomic E-state index is 13.3. The predicted octanol–water partition coefficient (Wildman–Crippen LogP) is 5.08. The Bertz CT molecular complexity index is 1280. The number of aromatic amines is 1. The summed E-state index contributed by atoms with van der Waals surface area (Å²) < 4.78 is 44.2. The fourth-order valence-corrected chi connectivity index (χ4v) is 3.60. The molecule has 1 aromatic heterocycles. The molecule has 11 heteroatoms. The molecule has 0 saturated carbocycles. The molecule has 0 bridgehead atoms. The lowest BCUT2D eigenvalue weighted by molar-refractivity contribution is -0.253. The summed E-state index contributed by atoms with van der Waals surface area (Å²) >= 11 is 6.33. The number of nitrogens with one attached hydrogen (secondary N) is 2. The number of rotatable bonds is 9. The largest absolute Gasteiger partial charge is 0.426 e. The highest BCUT2D eigenvalue weighted by molar-refractivity contribution is 6.33. The highest BCUT2D eigenvalue weighted by atomic mass is 35.5. The Morgan fingerprint density at radius 3 is 2.39 bits per heavy atom. The third-order valence-electron chi connectivity index (χ3n) is 5.80. The number of nitrogens with zero attached hydrogens (tertiary/aromatic N) is 2. The van der Waals surface area contributed by atoms with Gasteiger partial charge in [0.25, 0.3) is 5.91 Å². The molecule has 36 heavy (non-hydrogen) atoms. The molecule has 192 valence electrons. The molecule has 1 amide bonds. The van der Waals surface area contributed by atoms with Crippen molar-refractivity contribution in [1.82, 2.24) is 20.3 Å². The molecule has 0 saturated heterocycles. The van der Waals surface area contributed by atoms with Crippen LogP contribution >= 0.6 is 11.6 Å². The van der Waals surface area contributed by atoms with Crippen LogP contribution in [0.25, 0.3) is 22.8 Å². The van der Waals surface area contributed by atoms with Crippen molar-refractivity contribution in [3.8, 4) is 22.8 Å². The van der Waals surface area contributed by atoms with Gasteiger partial charge in [0.15, 0.2) is 5.82 Å². The first-order chi connectivity index (χ1) is 17.0. The molecule has 0 fully saturated rings. The molecule has 2 N–H and O–H groups in total. The van der Waals surface area contributed by atoms with Crippen LogP contribution in [0, 0.1) is 0 Å². The van der Waals surface area contributed by atoms with Gasteiger partial charge >= 0.3 is 11.9 Å². The Labute approximate surface area is 211 Å². The van der Waals surface area contributed by atoms with Crippen molar-refractivity contribution < 1.29 is 22.7 Å². The van der Waals surface area contributed by atoms with Gasteiger partial charge < -0.3 is 10.1 Å². The summed E-state index contributed by atoms with van der Waals surface area (Å²) in [5.74, 6) is -1.00. The zero-order chi connectivity index (χ0) is 26.5. The number of unbranched alkanes of at least 4 members (excludes halogenated alkanes) is 1. The second-order valence-electron chi connectivity index (χ2n) is 8.36. The zero-order valence-corrected chi connectivity index (χ0v) is 20.8. The molecular weight excluding hydrogens is 497 g/mol. The Kier molecular flexibility index (Phi) is 8.52. The fraction of sp³-hybridized carbons (Fsp3) is 0.360. The van der Waals surface area contributed by atoms with E-state index in [4.69, 9.17) is 11.6 Å². The normalized spacial score (nSPS) is 13.3. The minimum Gasteiger partial charge on any atom is -0.361 e. The van der Waals surface area contributed by atoms with E-state index in [1.54, 1.807) is 6.07 Å². The quantitative estimate of drug-likeness (QED) is 0.408. The third kappa shape index (κ3) is 6.11. The number of ether oxygens (including phenoxy) is 1. The zero-order valence-electron chi connectivity index (χ0n) is 20.0. The molecule has 0 aliphatic carbocycles. The summed E-state index contributed by atoms with van der Waals surface area (Å²) in [6, 6.07) is 12.2. The Hall–Kier alpha value is -3.24. The van der Waals surface area contributed by atoms with Gasteiger partial charge in [-0.05, 0) is 43.0 Å². The summed E-state index contributed by atoms with van der Waals surface area (Å²) in [6.07, 6.45) is -1.80. The van der Waals surface area contributed by atoms with E-state index in [9.17, 15) is 22.8 Å². The number of aromatic nitrogens is 3. The van der Waals surface area contributed by atoms with Crippen LogP contribution in [-0.2, 0) is 22.5 Å². The first-order valence-corrected chi connectivity index (χ1v) is 11.6. The first-order valence-electron chi connectivity index (χ1n) is 11.2. The lowest BCUT2D eigenvalue weighted by Gasteiger charge is -2.29. The second kappa shape index (κ2) is 11.2. The number of halogens is 4. The van der Waals surface area contributed by atoms with Gasteiger partial charge in [0.05, 0.1) is 5.02 Å². The van der Waals surface area contributed by atoms with Gasteiger partial charge in [-0.15, -0.1) is 0 Å². The van der Waals surface area contributed by atoms with E-state index in [0.717, 1.165) is 26.4 Å².